The second kappa shape index (κ2) is 27.5. The molecule has 0 aromatic heterocycles. The van der Waals surface area contributed by atoms with Crippen LogP contribution in [0.2, 0.25) is 0 Å². The Bertz CT molecular complexity index is 535. The summed E-state index contributed by atoms with van der Waals surface area (Å²) in [6.45, 7) is 0. The minimum absolute atomic E-state index is 0. The molecule has 0 bridgehead atoms. The van der Waals surface area contributed by atoms with Crippen molar-refractivity contribution < 1.29 is 86.5 Å². The van der Waals surface area contributed by atoms with Crippen molar-refractivity contribution in [3.05, 3.63) is 81.9 Å². The number of hydrogen-bond acceptors (Lipinski definition) is 14. The van der Waals surface area contributed by atoms with Crippen molar-refractivity contribution in [3.8, 4) is 0 Å². The third kappa shape index (κ3) is 41.0. The van der Waals surface area contributed by atoms with Crippen LogP contribution in [-0.4, -0.2) is 27.2 Å². The third-order valence-electron chi connectivity index (χ3n) is 1.56. The zero-order chi connectivity index (χ0) is 19.1. The molecule has 2 aliphatic heterocycles. The Morgan fingerprint density at radius 2 is 0.966 bits per heavy atom. The minimum atomic E-state index is -1.75. The quantitative estimate of drug-likeness (QED) is 0.167. The van der Waals surface area contributed by atoms with Crippen LogP contribution >= 0.6 is 0 Å². The van der Waals surface area contributed by atoms with Gasteiger partial charge in [0.1, 0.15) is 0 Å². The van der Waals surface area contributed by atoms with E-state index in [1.807, 2.05) is 36.5 Å². The van der Waals surface area contributed by atoms with Crippen LogP contribution in [0.5, 0.6) is 0 Å². The maximum absolute atomic E-state index is 8.25. The van der Waals surface area contributed by atoms with Crippen molar-refractivity contribution in [2.45, 2.75) is 0 Å². The Balaban J connectivity index is -0.0000000495. The average Bonchev–Trinajstić information content (AvgIpc) is 2.91. The van der Waals surface area contributed by atoms with Gasteiger partial charge in [0.05, 0.1) is 15.3 Å². The van der Waals surface area contributed by atoms with Crippen molar-refractivity contribution in [1.82, 2.24) is 4.90 Å². The van der Waals surface area contributed by atoms with Crippen molar-refractivity contribution in [3.63, 3.8) is 0 Å². The van der Waals surface area contributed by atoms with Gasteiger partial charge in [-0.2, -0.15) is 0 Å². The van der Waals surface area contributed by atoms with Gasteiger partial charge in [-0.05, 0) is 22.6 Å². The van der Waals surface area contributed by atoms with Crippen LogP contribution in [0.3, 0.4) is 0 Å². The molecule has 0 atom stereocenters. The van der Waals surface area contributed by atoms with E-state index in [1.54, 1.807) is 0 Å². The van der Waals surface area contributed by atoms with Crippen molar-refractivity contribution in [1.29, 1.82) is 0 Å². The van der Waals surface area contributed by atoms with Crippen LogP contribution < -0.4 is 0 Å². The topological polar surface area (TPSA) is 383 Å². The molecule has 0 aromatic rings. The second-order valence-electron chi connectivity index (χ2n) is 3.13. The molecular weight excluding hydrogens is 556 g/mol. The Morgan fingerprint density at radius 3 is 1.21 bits per heavy atom. The number of nitrogens with zero attached hydrogens (tertiary/aromatic N) is 8. The van der Waals surface area contributed by atoms with Crippen molar-refractivity contribution in [2.24, 2.45) is 20.7 Å². The molecule has 0 amide bonds. The molecule has 0 aliphatic carbocycles. The van der Waals surface area contributed by atoms with E-state index >= 15 is 0 Å². The van der Waals surface area contributed by atoms with Crippen LogP contribution in [0.25, 0.3) is 0 Å². The van der Waals surface area contributed by atoms with Crippen molar-refractivity contribution >= 4 is 0 Å². The zero-order valence-corrected chi connectivity index (χ0v) is 16.7. The first kappa shape index (κ1) is 45.2. The van der Waals surface area contributed by atoms with E-state index in [9.17, 15) is 0 Å². The zero-order valence-electron chi connectivity index (χ0n) is 14.2. The molecule has 0 radical (unpaired) electrons. The van der Waals surface area contributed by atoms with E-state index in [2.05, 4.69) is 20.7 Å². The molecule has 0 aromatic carbocycles. The van der Waals surface area contributed by atoms with E-state index < -0.39 is 15.3 Å². The van der Waals surface area contributed by atoms with Gasteiger partial charge in [0, 0.05) is 25.0 Å². The average molecular weight is 575 g/mol. The SMILES string of the molecule is CN1C=CC(=C2N=NN=N2)C=C1.O=[N+]([O-])[O-].O=[N+]([O-])[O-].O=[N+]([O-])[O-].[Eu+3].[OH3+].[OH3+].[OH3+].[OH3+]. The molecule has 2 aliphatic rings. The summed E-state index contributed by atoms with van der Waals surface area (Å²) in [6.07, 6.45) is 7.68. The van der Waals surface area contributed by atoms with Gasteiger partial charge in [-0.1, -0.05) is 0 Å². The third-order valence-corrected chi connectivity index (χ3v) is 1.56. The first-order valence-electron chi connectivity index (χ1n) is 5.15. The van der Waals surface area contributed by atoms with Gasteiger partial charge in [-0.25, -0.2) is 0 Å². The Hall–Kier alpha value is -2.76. The maximum Gasteiger partial charge on any atom is 3.00 e. The summed E-state index contributed by atoms with van der Waals surface area (Å²) in [5, 5.41) is 58.5. The standard InChI is InChI=1S/C7H7N5.Eu.3NO3.4H2O/c1-12-4-2-6(3-5-12)7-8-10-11-9-7;;3*2-1(3)4;;;;/h2-5H,1H3;;;;;4*1H2/q;+3;3*-1;;;;/p+4. The summed E-state index contributed by atoms with van der Waals surface area (Å²) in [7, 11) is 1.95. The molecular formula is C7H19EuN8O13+4. The second-order valence-corrected chi connectivity index (χ2v) is 3.13. The Morgan fingerprint density at radius 1 is 0.724 bits per heavy atom. The van der Waals surface area contributed by atoms with Gasteiger partial charge in [0.2, 0.25) is 5.82 Å². The molecule has 0 saturated heterocycles. The van der Waals surface area contributed by atoms with Crippen LogP contribution in [-0.2, 0) is 21.9 Å². The smallest absolute Gasteiger partial charge is 0.457 e. The molecule has 21 nitrogen and oxygen atoms in total. The van der Waals surface area contributed by atoms with Crippen molar-refractivity contribution in [2.75, 3.05) is 7.05 Å². The fraction of sp³-hybridized carbons (Fsp3) is 0.143. The number of rotatable bonds is 0. The molecule has 2 rings (SSSR count). The van der Waals surface area contributed by atoms with E-state index in [-0.39, 0.29) is 71.3 Å². The first-order valence-corrected chi connectivity index (χ1v) is 5.15. The van der Waals surface area contributed by atoms with E-state index in [4.69, 9.17) is 46.0 Å². The molecule has 168 valence electrons. The predicted molar refractivity (Wildman–Crippen MR) is 93.4 cm³/mol. The summed E-state index contributed by atoms with van der Waals surface area (Å²) in [5.74, 6) is 0.565. The summed E-state index contributed by atoms with van der Waals surface area (Å²) in [5.41, 5.74) is 0.929. The molecule has 2 heterocycles. The number of allylic oxidation sites excluding steroid dienone is 3. The summed E-state index contributed by atoms with van der Waals surface area (Å²) < 4.78 is 0. The van der Waals surface area contributed by atoms with Crippen LogP contribution in [0.4, 0.5) is 0 Å². The molecule has 0 fully saturated rings. The van der Waals surface area contributed by atoms with Gasteiger partial charge in [0.15, 0.2) is 0 Å². The molecule has 12 N–H and O–H groups in total. The first-order chi connectivity index (χ1) is 11.1. The Kier molecular flexibility index (Phi) is 42.8. The van der Waals surface area contributed by atoms with Crippen LogP contribution in [0.1, 0.15) is 0 Å². The van der Waals surface area contributed by atoms with E-state index in [0.717, 1.165) is 5.57 Å². The monoisotopic (exact) mass is 576 g/mol. The summed E-state index contributed by atoms with van der Waals surface area (Å²) in [6, 6.07) is 0. The van der Waals surface area contributed by atoms with Crippen LogP contribution in [0, 0.1) is 95.3 Å². The molecule has 0 unspecified atom stereocenters. The fourth-order valence-corrected chi connectivity index (χ4v) is 0.910. The van der Waals surface area contributed by atoms with Gasteiger partial charge in [0.25, 0.3) is 0 Å². The summed E-state index contributed by atoms with van der Waals surface area (Å²) in [4.78, 5) is 26.7. The molecule has 29 heavy (non-hydrogen) atoms. The van der Waals surface area contributed by atoms with E-state index in [0.29, 0.717) is 5.82 Å². The van der Waals surface area contributed by atoms with Gasteiger partial charge < -0.3 is 72.8 Å². The molecule has 22 heteroatoms. The largest absolute Gasteiger partial charge is 3.00 e. The minimum Gasteiger partial charge on any atom is -0.457 e. The van der Waals surface area contributed by atoms with Gasteiger partial charge in [-0.3, -0.25) is 0 Å². The normalized spacial score (nSPS) is 10.7. The maximum atomic E-state index is 8.25. The van der Waals surface area contributed by atoms with Gasteiger partial charge in [-0.15, -0.1) is 10.2 Å². The predicted octanol–water partition coefficient (Wildman–Crippen LogP) is -2.40. The van der Waals surface area contributed by atoms with E-state index in [1.165, 1.54) is 0 Å². The summed E-state index contributed by atoms with van der Waals surface area (Å²) >= 11 is 0. The number of hydrogen-bond donors (Lipinski definition) is 0. The Labute approximate surface area is 200 Å². The fourth-order valence-electron chi connectivity index (χ4n) is 0.910. The van der Waals surface area contributed by atoms with Crippen LogP contribution in [0.15, 0.2) is 56.6 Å². The van der Waals surface area contributed by atoms with Gasteiger partial charge >= 0.3 is 49.4 Å². The molecule has 0 spiro atoms. The molecule has 0 saturated carbocycles.